The van der Waals surface area contributed by atoms with Crippen LogP contribution in [-0.4, -0.2) is 37.2 Å². The molecule has 0 aliphatic rings. The summed E-state index contributed by atoms with van der Waals surface area (Å²) in [4.78, 5) is 37.6. The van der Waals surface area contributed by atoms with Crippen molar-refractivity contribution in [2.75, 3.05) is 13.2 Å². The van der Waals surface area contributed by atoms with Crippen molar-refractivity contribution >= 4 is 17.9 Å². The molecule has 0 N–H and O–H groups in total. The number of rotatable bonds is 46. The van der Waals surface area contributed by atoms with Gasteiger partial charge in [0.05, 0.1) is 0 Å². The van der Waals surface area contributed by atoms with Crippen LogP contribution in [-0.2, 0) is 28.6 Å². The summed E-state index contributed by atoms with van der Waals surface area (Å²) < 4.78 is 16.7. The lowest BCUT2D eigenvalue weighted by molar-refractivity contribution is -0.167. The molecule has 0 saturated carbocycles. The molecule has 1 atom stereocenters. The minimum atomic E-state index is -0.758. The van der Waals surface area contributed by atoms with Crippen LogP contribution in [0.2, 0.25) is 0 Å². The number of hydrogen-bond acceptors (Lipinski definition) is 6. The topological polar surface area (TPSA) is 78.9 Å². The first-order valence-corrected chi connectivity index (χ1v) is 25.4. The molecule has 0 aromatic carbocycles. The third-order valence-corrected chi connectivity index (χ3v) is 11.5. The van der Waals surface area contributed by atoms with Crippen LogP contribution in [0.4, 0.5) is 0 Å². The Labute approximate surface area is 355 Å². The van der Waals surface area contributed by atoms with Crippen LogP contribution in [0.5, 0.6) is 0 Å². The second-order valence-corrected chi connectivity index (χ2v) is 17.9. The van der Waals surface area contributed by atoms with Gasteiger partial charge in [0.1, 0.15) is 13.2 Å². The van der Waals surface area contributed by atoms with Gasteiger partial charge in [-0.15, -0.1) is 0 Å². The Balaban J connectivity index is 4.11. The molecule has 0 aliphatic heterocycles. The van der Waals surface area contributed by atoms with Crippen LogP contribution in [0.1, 0.15) is 285 Å². The zero-order valence-corrected chi connectivity index (χ0v) is 38.8. The Hall–Kier alpha value is -1.59. The van der Waals surface area contributed by atoms with Crippen molar-refractivity contribution in [2.24, 2.45) is 5.92 Å². The molecule has 6 heteroatoms. The first kappa shape index (κ1) is 55.4. The smallest absolute Gasteiger partial charge is 0.306 e. The fourth-order valence-corrected chi connectivity index (χ4v) is 7.69. The van der Waals surface area contributed by atoms with Crippen molar-refractivity contribution in [3.05, 3.63) is 0 Å². The molecule has 0 amide bonds. The summed E-state index contributed by atoms with van der Waals surface area (Å²) in [6.45, 7) is 8.95. The van der Waals surface area contributed by atoms with E-state index in [0.29, 0.717) is 19.3 Å². The molecule has 0 fully saturated rings. The van der Waals surface area contributed by atoms with Gasteiger partial charge in [-0.05, 0) is 25.2 Å². The average Bonchev–Trinajstić information content (AvgIpc) is 3.19. The van der Waals surface area contributed by atoms with E-state index in [1.807, 2.05) is 0 Å². The minimum Gasteiger partial charge on any atom is -0.462 e. The van der Waals surface area contributed by atoms with Gasteiger partial charge in [-0.1, -0.05) is 246 Å². The quantitative estimate of drug-likeness (QED) is 0.0346. The van der Waals surface area contributed by atoms with E-state index < -0.39 is 6.10 Å². The van der Waals surface area contributed by atoms with Crippen LogP contribution in [0, 0.1) is 5.92 Å². The second-order valence-electron chi connectivity index (χ2n) is 17.9. The third kappa shape index (κ3) is 45.3. The van der Waals surface area contributed by atoms with Crippen molar-refractivity contribution in [1.29, 1.82) is 0 Å². The Morgan fingerprint density at radius 3 is 0.860 bits per heavy atom. The van der Waals surface area contributed by atoms with E-state index in [1.165, 1.54) is 173 Å². The molecule has 0 spiro atoms. The van der Waals surface area contributed by atoms with E-state index in [-0.39, 0.29) is 31.1 Å². The molecule has 57 heavy (non-hydrogen) atoms. The highest BCUT2D eigenvalue weighted by Crippen LogP contribution is 2.17. The van der Waals surface area contributed by atoms with E-state index in [2.05, 4.69) is 27.7 Å². The third-order valence-electron chi connectivity index (χ3n) is 11.5. The highest BCUT2D eigenvalue weighted by Gasteiger charge is 2.19. The van der Waals surface area contributed by atoms with Crippen molar-refractivity contribution in [3.63, 3.8) is 0 Å². The fourth-order valence-electron chi connectivity index (χ4n) is 7.69. The van der Waals surface area contributed by atoms with Crippen LogP contribution >= 0.6 is 0 Å². The molecule has 0 aromatic heterocycles. The first-order valence-electron chi connectivity index (χ1n) is 25.4. The van der Waals surface area contributed by atoms with Crippen molar-refractivity contribution < 1.29 is 28.6 Å². The summed E-state index contributed by atoms with van der Waals surface area (Å²) in [6.07, 6.45) is 46.9. The van der Waals surface area contributed by atoms with Gasteiger partial charge >= 0.3 is 17.9 Å². The highest BCUT2D eigenvalue weighted by molar-refractivity contribution is 5.71. The van der Waals surface area contributed by atoms with E-state index in [0.717, 1.165) is 70.1 Å². The molecule has 0 radical (unpaired) electrons. The van der Waals surface area contributed by atoms with Crippen molar-refractivity contribution in [3.8, 4) is 0 Å². The molecule has 338 valence electrons. The monoisotopic (exact) mass is 807 g/mol. The normalized spacial score (nSPS) is 11.9. The van der Waals surface area contributed by atoms with E-state index >= 15 is 0 Å². The van der Waals surface area contributed by atoms with Crippen molar-refractivity contribution in [2.45, 2.75) is 291 Å². The Bertz CT molecular complexity index is 857. The molecule has 0 aliphatic carbocycles. The van der Waals surface area contributed by atoms with Gasteiger partial charge in [-0.2, -0.15) is 0 Å². The maximum Gasteiger partial charge on any atom is 0.306 e. The molecule has 0 aromatic rings. The molecule has 0 rings (SSSR count). The lowest BCUT2D eigenvalue weighted by Gasteiger charge is -2.18. The van der Waals surface area contributed by atoms with Gasteiger partial charge in [0, 0.05) is 19.3 Å². The lowest BCUT2D eigenvalue weighted by Crippen LogP contribution is -2.30. The van der Waals surface area contributed by atoms with Crippen LogP contribution in [0.25, 0.3) is 0 Å². The van der Waals surface area contributed by atoms with Gasteiger partial charge in [0.2, 0.25) is 0 Å². The summed E-state index contributed by atoms with van der Waals surface area (Å²) in [6, 6.07) is 0. The summed E-state index contributed by atoms with van der Waals surface area (Å²) in [5.74, 6) is -0.0208. The van der Waals surface area contributed by atoms with Gasteiger partial charge < -0.3 is 14.2 Å². The number of carbonyl (C=O) groups excluding carboxylic acids is 3. The van der Waals surface area contributed by atoms with Crippen LogP contribution in [0.15, 0.2) is 0 Å². The number of ether oxygens (including phenoxy) is 3. The predicted molar refractivity (Wildman–Crippen MR) is 243 cm³/mol. The van der Waals surface area contributed by atoms with Gasteiger partial charge in [0.25, 0.3) is 0 Å². The molecular formula is C51H98O6. The number of esters is 3. The number of carbonyl (C=O) groups is 3. The minimum absolute atomic E-state index is 0.0641. The van der Waals surface area contributed by atoms with Gasteiger partial charge in [-0.3, -0.25) is 14.4 Å². The van der Waals surface area contributed by atoms with Gasteiger partial charge in [-0.25, -0.2) is 0 Å². The molecule has 6 nitrogen and oxygen atoms in total. The largest absolute Gasteiger partial charge is 0.462 e. The average molecular weight is 807 g/mol. The SMILES string of the molecule is CCCCCCCCCCCCCCCCCCCCC(=O)O[C@@H](COC(=O)CCCCCCC)COC(=O)CCCCCCCCCCCCCCCC(C)C. The molecule has 0 bridgehead atoms. The van der Waals surface area contributed by atoms with E-state index in [1.54, 1.807) is 0 Å². The van der Waals surface area contributed by atoms with E-state index in [9.17, 15) is 14.4 Å². The Morgan fingerprint density at radius 2 is 0.579 bits per heavy atom. The Morgan fingerprint density at radius 1 is 0.333 bits per heavy atom. The maximum atomic E-state index is 12.7. The Kier molecular flexibility index (Phi) is 44.2. The van der Waals surface area contributed by atoms with Crippen LogP contribution in [0.3, 0.4) is 0 Å². The zero-order valence-electron chi connectivity index (χ0n) is 38.8. The summed E-state index contributed by atoms with van der Waals surface area (Å²) in [5, 5.41) is 0. The van der Waals surface area contributed by atoms with E-state index in [4.69, 9.17) is 14.2 Å². The lowest BCUT2D eigenvalue weighted by atomic mass is 10.0. The van der Waals surface area contributed by atoms with Gasteiger partial charge in [0.15, 0.2) is 6.10 Å². The molecule has 0 unspecified atom stereocenters. The zero-order chi connectivity index (χ0) is 41.7. The standard InChI is InChI=1S/C51H98O6/c1-5-7-9-11-12-13-14-15-16-17-18-19-22-26-29-32-36-40-44-51(54)57-48(45-55-49(52)42-38-33-10-8-6-2)46-56-50(53)43-39-35-31-28-25-23-20-21-24-27-30-34-37-41-47(3)4/h47-48H,5-46H2,1-4H3/t48-/m0/s1. The summed E-state index contributed by atoms with van der Waals surface area (Å²) >= 11 is 0. The fraction of sp³-hybridized carbons (Fsp3) is 0.941. The number of unbranched alkanes of at least 4 members (excludes halogenated alkanes) is 33. The maximum absolute atomic E-state index is 12.7. The molecular weight excluding hydrogens is 709 g/mol. The second kappa shape index (κ2) is 45.5. The molecule has 0 saturated heterocycles. The number of hydrogen-bond donors (Lipinski definition) is 0. The first-order chi connectivity index (χ1) is 27.9. The summed E-state index contributed by atoms with van der Waals surface area (Å²) in [7, 11) is 0. The van der Waals surface area contributed by atoms with Crippen LogP contribution < -0.4 is 0 Å². The summed E-state index contributed by atoms with van der Waals surface area (Å²) in [5.41, 5.74) is 0. The molecule has 0 heterocycles. The highest BCUT2D eigenvalue weighted by atomic mass is 16.6. The predicted octanol–water partition coefficient (Wildman–Crippen LogP) is 16.3. The van der Waals surface area contributed by atoms with Crippen molar-refractivity contribution in [1.82, 2.24) is 0 Å².